The largest absolute Gasteiger partial charge is 0.365 e. The van der Waals surface area contributed by atoms with Crippen molar-refractivity contribution in [1.29, 1.82) is 0 Å². The number of halogens is 1. The van der Waals surface area contributed by atoms with Crippen molar-refractivity contribution in [2.45, 2.75) is 24.8 Å². The lowest BCUT2D eigenvalue weighted by atomic mass is 10.2. The summed E-state index contributed by atoms with van der Waals surface area (Å²) in [5.74, 6) is 0.862. The van der Waals surface area contributed by atoms with E-state index in [0.717, 1.165) is 32.6 Å². The Balaban J connectivity index is 1.35. The lowest BCUT2D eigenvalue weighted by Gasteiger charge is -2.35. The number of aromatic nitrogens is 2. The molecule has 160 valence electrons. The number of anilines is 1. The maximum absolute atomic E-state index is 12.9. The molecule has 30 heavy (non-hydrogen) atoms. The SMILES string of the molecule is Cc1csc2c(N[C@@H](C)CN3CCN(S(=O)(=O)c4cccc(Br)c4)CC3)ncnc12. The maximum atomic E-state index is 12.9. The minimum atomic E-state index is -3.46. The first kappa shape index (κ1) is 21.6. The molecule has 1 aliphatic rings. The molecule has 10 heteroatoms. The van der Waals surface area contributed by atoms with Crippen LogP contribution in [0.2, 0.25) is 0 Å². The van der Waals surface area contributed by atoms with Crippen LogP contribution in [0.15, 0.2) is 45.3 Å². The third-order valence-corrected chi connectivity index (χ3v) is 8.69. The van der Waals surface area contributed by atoms with Gasteiger partial charge < -0.3 is 5.32 Å². The smallest absolute Gasteiger partial charge is 0.243 e. The number of nitrogens with zero attached hydrogens (tertiary/aromatic N) is 4. The van der Waals surface area contributed by atoms with Crippen LogP contribution in [-0.4, -0.2) is 66.4 Å². The van der Waals surface area contributed by atoms with E-state index in [1.807, 2.05) is 6.07 Å². The predicted octanol–water partition coefficient (Wildman–Crippen LogP) is 3.57. The van der Waals surface area contributed by atoms with E-state index in [-0.39, 0.29) is 6.04 Å². The summed E-state index contributed by atoms with van der Waals surface area (Å²) in [6.07, 6.45) is 1.60. The molecule has 1 atom stereocenters. The summed E-state index contributed by atoms with van der Waals surface area (Å²) in [6, 6.07) is 7.06. The molecule has 2 aromatic heterocycles. The second-order valence-electron chi connectivity index (χ2n) is 7.53. The van der Waals surface area contributed by atoms with Crippen LogP contribution in [0.1, 0.15) is 12.5 Å². The van der Waals surface area contributed by atoms with Crippen LogP contribution in [0, 0.1) is 6.92 Å². The molecule has 0 aliphatic carbocycles. The van der Waals surface area contributed by atoms with E-state index in [1.54, 1.807) is 40.2 Å². The van der Waals surface area contributed by atoms with Gasteiger partial charge in [0.05, 0.1) is 15.1 Å². The minimum absolute atomic E-state index is 0.179. The number of nitrogens with one attached hydrogen (secondary N) is 1. The number of sulfonamides is 1. The molecule has 1 aliphatic heterocycles. The van der Waals surface area contributed by atoms with Crippen molar-refractivity contribution < 1.29 is 8.42 Å². The van der Waals surface area contributed by atoms with Crippen molar-refractivity contribution in [2.24, 2.45) is 0 Å². The minimum Gasteiger partial charge on any atom is -0.365 e. The van der Waals surface area contributed by atoms with E-state index < -0.39 is 10.0 Å². The second-order valence-corrected chi connectivity index (χ2v) is 11.3. The number of thiophene rings is 1. The van der Waals surface area contributed by atoms with E-state index >= 15 is 0 Å². The van der Waals surface area contributed by atoms with Gasteiger partial charge in [0.25, 0.3) is 0 Å². The van der Waals surface area contributed by atoms with Crippen molar-refractivity contribution in [3.8, 4) is 0 Å². The quantitative estimate of drug-likeness (QED) is 0.547. The molecule has 3 aromatic rings. The van der Waals surface area contributed by atoms with E-state index in [1.165, 1.54) is 0 Å². The molecule has 0 radical (unpaired) electrons. The summed E-state index contributed by atoms with van der Waals surface area (Å²) >= 11 is 5.00. The van der Waals surface area contributed by atoms with Gasteiger partial charge in [-0.15, -0.1) is 11.3 Å². The average molecular weight is 510 g/mol. The molecule has 1 saturated heterocycles. The van der Waals surface area contributed by atoms with Gasteiger partial charge in [0.2, 0.25) is 10.0 Å². The summed E-state index contributed by atoms with van der Waals surface area (Å²) in [5.41, 5.74) is 2.16. The Morgan fingerprint density at radius 3 is 2.73 bits per heavy atom. The summed E-state index contributed by atoms with van der Waals surface area (Å²) in [7, 11) is -3.46. The Labute approximate surface area is 189 Å². The first-order chi connectivity index (χ1) is 14.3. The molecule has 1 aromatic carbocycles. The van der Waals surface area contributed by atoms with Gasteiger partial charge in [-0.3, -0.25) is 4.90 Å². The van der Waals surface area contributed by atoms with Gasteiger partial charge in [0, 0.05) is 43.2 Å². The average Bonchev–Trinajstić information content (AvgIpc) is 3.10. The van der Waals surface area contributed by atoms with Gasteiger partial charge in [-0.25, -0.2) is 18.4 Å². The molecule has 1 N–H and O–H groups in total. The van der Waals surface area contributed by atoms with Crippen LogP contribution in [0.25, 0.3) is 10.2 Å². The lowest BCUT2D eigenvalue weighted by molar-refractivity contribution is 0.184. The van der Waals surface area contributed by atoms with Crippen molar-refractivity contribution in [3.63, 3.8) is 0 Å². The molecule has 1 fully saturated rings. The molecule has 0 unspecified atom stereocenters. The Bertz CT molecular complexity index is 1140. The van der Waals surface area contributed by atoms with Crippen LogP contribution < -0.4 is 5.32 Å². The van der Waals surface area contributed by atoms with Crippen LogP contribution in [-0.2, 0) is 10.0 Å². The Kier molecular flexibility index (Phi) is 6.40. The zero-order valence-electron chi connectivity index (χ0n) is 16.9. The highest BCUT2D eigenvalue weighted by Gasteiger charge is 2.29. The number of piperazine rings is 1. The molecular formula is C20H24BrN5O2S2. The normalized spacial score (nSPS) is 17.3. The summed E-state index contributed by atoms with van der Waals surface area (Å²) in [6.45, 7) is 7.39. The van der Waals surface area contributed by atoms with E-state index in [2.05, 4.69) is 55.3 Å². The Morgan fingerprint density at radius 1 is 1.23 bits per heavy atom. The third kappa shape index (κ3) is 4.52. The predicted molar refractivity (Wildman–Crippen MR) is 125 cm³/mol. The van der Waals surface area contributed by atoms with Crippen molar-refractivity contribution in [3.05, 3.63) is 46.0 Å². The first-order valence-electron chi connectivity index (χ1n) is 9.78. The van der Waals surface area contributed by atoms with Gasteiger partial charge in [-0.2, -0.15) is 4.31 Å². The second kappa shape index (κ2) is 8.88. The van der Waals surface area contributed by atoms with E-state index in [0.29, 0.717) is 31.1 Å². The molecule has 0 bridgehead atoms. The summed E-state index contributed by atoms with van der Waals surface area (Å²) < 4.78 is 29.2. The summed E-state index contributed by atoms with van der Waals surface area (Å²) in [5, 5.41) is 5.60. The molecule has 0 saturated carbocycles. The summed E-state index contributed by atoms with van der Waals surface area (Å²) in [4.78, 5) is 11.4. The zero-order chi connectivity index (χ0) is 21.3. The first-order valence-corrected chi connectivity index (χ1v) is 12.9. The highest BCUT2D eigenvalue weighted by atomic mass is 79.9. The number of benzene rings is 1. The Morgan fingerprint density at radius 2 is 2.00 bits per heavy atom. The van der Waals surface area contributed by atoms with Gasteiger partial charge in [0.1, 0.15) is 12.1 Å². The molecule has 7 nitrogen and oxygen atoms in total. The van der Waals surface area contributed by atoms with E-state index in [9.17, 15) is 8.42 Å². The standard InChI is InChI=1S/C20H24BrN5O2S2/c1-14-12-29-19-18(14)22-13-23-20(19)24-15(2)11-25-6-8-26(9-7-25)30(27,28)17-5-3-4-16(21)10-17/h3-5,10,12-13,15H,6-9,11H2,1-2H3,(H,22,23,24)/t15-/m0/s1. The third-order valence-electron chi connectivity index (χ3n) is 5.21. The van der Waals surface area contributed by atoms with Gasteiger partial charge >= 0.3 is 0 Å². The number of rotatable bonds is 6. The highest BCUT2D eigenvalue weighted by Crippen LogP contribution is 2.29. The van der Waals surface area contributed by atoms with Gasteiger partial charge in [-0.05, 0) is 43.0 Å². The van der Waals surface area contributed by atoms with Crippen LogP contribution in [0.3, 0.4) is 0 Å². The van der Waals surface area contributed by atoms with Crippen LogP contribution >= 0.6 is 27.3 Å². The highest BCUT2D eigenvalue weighted by molar-refractivity contribution is 9.10. The topological polar surface area (TPSA) is 78.4 Å². The van der Waals surface area contributed by atoms with Crippen LogP contribution in [0.5, 0.6) is 0 Å². The van der Waals surface area contributed by atoms with Gasteiger partial charge in [-0.1, -0.05) is 22.0 Å². The van der Waals surface area contributed by atoms with Crippen LogP contribution in [0.4, 0.5) is 5.82 Å². The number of fused-ring (bicyclic) bond motifs is 1. The molecule has 3 heterocycles. The molecule has 4 rings (SSSR count). The molecular weight excluding hydrogens is 486 g/mol. The lowest BCUT2D eigenvalue weighted by Crippen LogP contribution is -2.50. The zero-order valence-corrected chi connectivity index (χ0v) is 20.1. The van der Waals surface area contributed by atoms with E-state index in [4.69, 9.17) is 0 Å². The fourth-order valence-electron chi connectivity index (χ4n) is 3.67. The van der Waals surface area contributed by atoms with Crippen molar-refractivity contribution >= 4 is 53.3 Å². The van der Waals surface area contributed by atoms with Gasteiger partial charge in [0.15, 0.2) is 0 Å². The fraction of sp³-hybridized carbons (Fsp3) is 0.400. The molecule has 0 amide bonds. The number of hydrogen-bond acceptors (Lipinski definition) is 7. The monoisotopic (exact) mass is 509 g/mol. The number of hydrogen-bond donors (Lipinski definition) is 1. The Hall–Kier alpha value is -1.59. The van der Waals surface area contributed by atoms with Crippen molar-refractivity contribution in [2.75, 3.05) is 38.0 Å². The fourth-order valence-corrected chi connectivity index (χ4v) is 6.64. The molecule has 0 spiro atoms. The van der Waals surface area contributed by atoms with Crippen molar-refractivity contribution in [1.82, 2.24) is 19.2 Å². The maximum Gasteiger partial charge on any atom is 0.243 e. The number of aryl methyl sites for hydroxylation is 1.